The van der Waals surface area contributed by atoms with Gasteiger partial charge in [-0.15, -0.1) is 0 Å². The van der Waals surface area contributed by atoms with E-state index < -0.39 is 0 Å². The summed E-state index contributed by atoms with van der Waals surface area (Å²) in [6, 6.07) is 0.279. The Morgan fingerprint density at radius 1 is 1.41 bits per heavy atom. The molecule has 1 amide bonds. The summed E-state index contributed by atoms with van der Waals surface area (Å²) in [4.78, 5) is 16.0. The molecule has 0 aromatic heterocycles. The molecule has 1 aliphatic heterocycles. The van der Waals surface area contributed by atoms with Gasteiger partial charge in [0.1, 0.15) is 0 Å². The van der Waals surface area contributed by atoms with Crippen LogP contribution in [0.2, 0.25) is 0 Å². The van der Waals surface area contributed by atoms with E-state index in [1.165, 1.54) is 0 Å². The van der Waals surface area contributed by atoms with E-state index in [4.69, 9.17) is 5.73 Å². The zero-order valence-electron chi connectivity index (χ0n) is 11.7. The molecule has 0 radical (unpaired) electrons. The van der Waals surface area contributed by atoms with Crippen molar-refractivity contribution in [1.82, 2.24) is 9.80 Å². The molecule has 1 heterocycles. The summed E-state index contributed by atoms with van der Waals surface area (Å²) >= 11 is 0. The van der Waals surface area contributed by atoms with Gasteiger partial charge in [-0.05, 0) is 51.7 Å². The zero-order valence-corrected chi connectivity index (χ0v) is 11.7. The maximum Gasteiger partial charge on any atom is 0.236 e. The van der Waals surface area contributed by atoms with Crippen LogP contribution in [-0.4, -0.2) is 55.0 Å². The monoisotopic (exact) mass is 241 g/mol. The summed E-state index contributed by atoms with van der Waals surface area (Å²) in [5.41, 5.74) is 6.06. The predicted molar refractivity (Wildman–Crippen MR) is 70.7 cm³/mol. The number of nitrogens with two attached hydrogens (primary N) is 1. The highest BCUT2D eigenvalue weighted by Gasteiger charge is 2.29. The Morgan fingerprint density at radius 3 is 2.35 bits per heavy atom. The highest BCUT2D eigenvalue weighted by molar-refractivity contribution is 5.78. The van der Waals surface area contributed by atoms with Crippen molar-refractivity contribution in [3.8, 4) is 0 Å². The van der Waals surface area contributed by atoms with Gasteiger partial charge in [-0.25, -0.2) is 0 Å². The van der Waals surface area contributed by atoms with Crippen LogP contribution in [0.1, 0.15) is 33.6 Å². The van der Waals surface area contributed by atoms with E-state index in [1.807, 2.05) is 25.8 Å². The summed E-state index contributed by atoms with van der Waals surface area (Å²) in [6.45, 7) is 9.61. The number of likely N-dealkylation sites (N-methyl/N-ethyl adjacent to an activating group) is 1. The number of likely N-dealkylation sites (tertiary alicyclic amines) is 1. The molecule has 0 aromatic rings. The minimum absolute atomic E-state index is 0.219. The minimum Gasteiger partial charge on any atom is -0.342 e. The van der Waals surface area contributed by atoms with Crippen LogP contribution in [0.3, 0.4) is 0 Å². The fourth-order valence-corrected chi connectivity index (χ4v) is 2.05. The van der Waals surface area contributed by atoms with Gasteiger partial charge in [-0.3, -0.25) is 9.69 Å². The lowest BCUT2D eigenvalue weighted by atomic mass is 9.80. The second-order valence-electron chi connectivity index (χ2n) is 5.89. The van der Waals surface area contributed by atoms with Gasteiger partial charge in [-0.1, -0.05) is 6.92 Å². The van der Waals surface area contributed by atoms with Crippen molar-refractivity contribution in [3.63, 3.8) is 0 Å². The molecular weight excluding hydrogens is 214 g/mol. The number of nitrogens with zero attached hydrogens (tertiary/aromatic N) is 2. The maximum atomic E-state index is 11.9. The summed E-state index contributed by atoms with van der Waals surface area (Å²) in [5.74, 6) is 0.219. The van der Waals surface area contributed by atoms with Crippen LogP contribution in [0.25, 0.3) is 0 Å². The molecule has 2 N–H and O–H groups in total. The molecule has 0 aromatic carbocycles. The van der Waals surface area contributed by atoms with Gasteiger partial charge in [-0.2, -0.15) is 0 Å². The average molecular weight is 241 g/mol. The number of carbonyl (C=O) groups excluding carboxylic acids is 1. The van der Waals surface area contributed by atoms with E-state index in [0.29, 0.717) is 6.54 Å². The van der Waals surface area contributed by atoms with Gasteiger partial charge in [0.05, 0.1) is 6.54 Å². The number of rotatable bonds is 4. The molecule has 1 saturated heterocycles. The fourth-order valence-electron chi connectivity index (χ4n) is 2.05. The normalized spacial score (nSPS) is 20.6. The molecule has 1 rings (SSSR count). The summed E-state index contributed by atoms with van der Waals surface area (Å²) < 4.78 is 0. The lowest BCUT2D eigenvalue weighted by Crippen LogP contribution is -2.47. The third kappa shape index (κ3) is 3.96. The number of hydrogen-bond donors (Lipinski definition) is 1. The Hall–Kier alpha value is -0.610. The standard InChI is InChI=1S/C13H27N3O/c1-11(2)15(4)12(17)9-16-7-5-13(3,10-14)6-8-16/h11H,5-10,14H2,1-4H3. The second-order valence-corrected chi connectivity index (χ2v) is 5.89. The van der Waals surface area contributed by atoms with Crippen molar-refractivity contribution in [3.05, 3.63) is 0 Å². The molecule has 0 bridgehead atoms. The minimum atomic E-state index is 0.219. The van der Waals surface area contributed by atoms with Crippen molar-refractivity contribution in [1.29, 1.82) is 0 Å². The molecular formula is C13H27N3O. The van der Waals surface area contributed by atoms with Crippen LogP contribution in [0.4, 0.5) is 0 Å². The van der Waals surface area contributed by atoms with E-state index in [-0.39, 0.29) is 17.4 Å². The molecule has 0 aliphatic carbocycles. The number of hydrogen-bond acceptors (Lipinski definition) is 3. The van der Waals surface area contributed by atoms with E-state index in [2.05, 4.69) is 11.8 Å². The van der Waals surface area contributed by atoms with Crippen LogP contribution in [-0.2, 0) is 4.79 Å². The summed E-state index contributed by atoms with van der Waals surface area (Å²) in [7, 11) is 1.88. The second kappa shape index (κ2) is 5.83. The first-order valence-electron chi connectivity index (χ1n) is 6.56. The first-order chi connectivity index (χ1) is 7.88. The third-order valence-electron chi connectivity index (χ3n) is 4.08. The van der Waals surface area contributed by atoms with Crippen LogP contribution in [0, 0.1) is 5.41 Å². The Labute approximate surface area is 105 Å². The Bertz CT molecular complexity index is 257. The van der Waals surface area contributed by atoms with Gasteiger partial charge in [0.2, 0.25) is 5.91 Å². The van der Waals surface area contributed by atoms with Crippen molar-refractivity contribution in [2.24, 2.45) is 11.1 Å². The van der Waals surface area contributed by atoms with E-state index in [9.17, 15) is 4.79 Å². The Balaban J connectivity index is 2.38. The van der Waals surface area contributed by atoms with Gasteiger partial charge in [0.15, 0.2) is 0 Å². The molecule has 0 saturated carbocycles. The first kappa shape index (κ1) is 14.5. The first-order valence-corrected chi connectivity index (χ1v) is 6.56. The smallest absolute Gasteiger partial charge is 0.236 e. The molecule has 17 heavy (non-hydrogen) atoms. The zero-order chi connectivity index (χ0) is 13.1. The molecule has 0 unspecified atom stereocenters. The average Bonchev–Trinajstić information content (AvgIpc) is 2.31. The van der Waals surface area contributed by atoms with E-state index >= 15 is 0 Å². The summed E-state index contributed by atoms with van der Waals surface area (Å²) in [5, 5.41) is 0. The van der Waals surface area contributed by atoms with Gasteiger partial charge < -0.3 is 10.6 Å². The highest BCUT2D eigenvalue weighted by Crippen LogP contribution is 2.29. The van der Waals surface area contributed by atoms with Gasteiger partial charge >= 0.3 is 0 Å². The number of piperidine rings is 1. The lowest BCUT2D eigenvalue weighted by molar-refractivity contribution is -0.133. The molecule has 4 heteroatoms. The van der Waals surface area contributed by atoms with Crippen LogP contribution < -0.4 is 5.73 Å². The molecule has 1 aliphatic rings. The Morgan fingerprint density at radius 2 is 1.94 bits per heavy atom. The van der Waals surface area contributed by atoms with Crippen molar-refractivity contribution in [2.75, 3.05) is 33.2 Å². The number of amides is 1. The largest absolute Gasteiger partial charge is 0.342 e. The molecule has 0 spiro atoms. The van der Waals surface area contributed by atoms with E-state index in [1.54, 1.807) is 0 Å². The SMILES string of the molecule is CC(C)N(C)C(=O)CN1CCC(C)(CN)CC1. The van der Waals surface area contributed by atoms with E-state index in [0.717, 1.165) is 32.5 Å². The van der Waals surface area contributed by atoms with Gasteiger partial charge in [0, 0.05) is 13.1 Å². The maximum absolute atomic E-state index is 11.9. The van der Waals surface area contributed by atoms with Crippen molar-refractivity contribution in [2.45, 2.75) is 39.7 Å². The molecule has 4 nitrogen and oxygen atoms in total. The highest BCUT2D eigenvalue weighted by atomic mass is 16.2. The van der Waals surface area contributed by atoms with Gasteiger partial charge in [0.25, 0.3) is 0 Å². The molecule has 100 valence electrons. The third-order valence-corrected chi connectivity index (χ3v) is 4.08. The van der Waals surface area contributed by atoms with Crippen LogP contribution >= 0.6 is 0 Å². The molecule has 0 atom stereocenters. The van der Waals surface area contributed by atoms with Crippen molar-refractivity contribution >= 4 is 5.91 Å². The molecule has 1 fully saturated rings. The predicted octanol–water partition coefficient (Wildman–Crippen LogP) is 0.914. The topological polar surface area (TPSA) is 49.6 Å². The van der Waals surface area contributed by atoms with Crippen molar-refractivity contribution < 1.29 is 4.79 Å². The van der Waals surface area contributed by atoms with Crippen LogP contribution in [0.5, 0.6) is 0 Å². The lowest BCUT2D eigenvalue weighted by Gasteiger charge is -2.39. The fraction of sp³-hybridized carbons (Fsp3) is 0.923. The van der Waals surface area contributed by atoms with Crippen LogP contribution in [0.15, 0.2) is 0 Å². The summed E-state index contributed by atoms with van der Waals surface area (Å²) in [6.07, 6.45) is 2.20. The quantitative estimate of drug-likeness (QED) is 0.796. The Kier molecular flexibility index (Phi) is 4.95. The number of carbonyl (C=O) groups is 1.